The van der Waals surface area contributed by atoms with E-state index in [0.717, 1.165) is 12.1 Å². The number of nitrogen functional groups attached to an aromatic ring is 1. The maximum absolute atomic E-state index is 14.3. The van der Waals surface area contributed by atoms with Crippen molar-refractivity contribution in [3.05, 3.63) is 53.0 Å². The number of benzene rings is 1. The van der Waals surface area contributed by atoms with Crippen LogP contribution in [0.25, 0.3) is 10.6 Å². The third-order valence-electron chi connectivity index (χ3n) is 6.72. The van der Waals surface area contributed by atoms with Crippen LogP contribution < -0.4 is 21.7 Å². The van der Waals surface area contributed by atoms with Crippen molar-refractivity contribution in [1.29, 1.82) is 0 Å². The molecule has 14 heteroatoms. The number of alkyl halides is 3. The van der Waals surface area contributed by atoms with Crippen molar-refractivity contribution in [2.45, 2.75) is 37.6 Å². The van der Waals surface area contributed by atoms with Gasteiger partial charge in [-0.1, -0.05) is 17.4 Å². The van der Waals surface area contributed by atoms with E-state index in [-0.39, 0.29) is 40.9 Å². The van der Waals surface area contributed by atoms with Gasteiger partial charge in [0.1, 0.15) is 21.6 Å². The van der Waals surface area contributed by atoms with Gasteiger partial charge in [-0.25, -0.2) is 13.8 Å². The Morgan fingerprint density at radius 2 is 1.92 bits per heavy atom. The molecule has 3 atom stereocenters. The van der Waals surface area contributed by atoms with Crippen LogP contribution in [0, 0.1) is 17.6 Å². The molecular formula is C24H23F5N6O2S. The maximum Gasteiger partial charge on any atom is 0.393 e. The van der Waals surface area contributed by atoms with Crippen LogP contribution in [0.4, 0.5) is 38.3 Å². The first kappa shape index (κ1) is 26.3. The van der Waals surface area contributed by atoms with Crippen LogP contribution in [0.2, 0.25) is 0 Å². The lowest BCUT2D eigenvalue weighted by atomic mass is 9.93. The highest BCUT2D eigenvalue weighted by Gasteiger charge is 2.45. The average Bonchev–Trinajstić information content (AvgIpc) is 3.40. The summed E-state index contributed by atoms with van der Waals surface area (Å²) in [5.41, 5.74) is 12.4. The number of hydrogen-bond acceptors (Lipinski definition) is 8. The van der Waals surface area contributed by atoms with Crippen LogP contribution in [0.3, 0.4) is 0 Å². The Hall–Kier alpha value is -3.36. The Bertz CT molecular complexity index is 1380. The van der Waals surface area contributed by atoms with E-state index in [1.54, 1.807) is 0 Å². The zero-order valence-corrected chi connectivity index (χ0v) is 20.5. The number of amides is 1. The number of hydrogen-bond donors (Lipinski definition) is 4. The molecule has 1 aliphatic carbocycles. The van der Waals surface area contributed by atoms with Crippen LogP contribution in [-0.2, 0) is 6.42 Å². The summed E-state index contributed by atoms with van der Waals surface area (Å²) in [6.45, 7) is -0.292. The lowest BCUT2D eigenvalue weighted by molar-refractivity contribution is -0.177. The molecule has 5 rings (SSSR count). The summed E-state index contributed by atoms with van der Waals surface area (Å²) in [5, 5.41) is 12.7. The number of pyridine rings is 1. The summed E-state index contributed by atoms with van der Waals surface area (Å²) in [7, 11) is 0. The first-order valence-electron chi connectivity index (χ1n) is 11.7. The summed E-state index contributed by atoms with van der Waals surface area (Å²) < 4.78 is 69.4. The lowest BCUT2D eigenvalue weighted by Crippen LogP contribution is -2.51. The average molecular weight is 555 g/mol. The number of aliphatic hydroxyl groups excluding tert-OH is 1. The van der Waals surface area contributed by atoms with Gasteiger partial charge >= 0.3 is 6.18 Å². The standard InChI is InChI=1S/C24H23F5N6O2S/c25-13-2-1-3-14(26)17(13)23-34-19(21(31)38-23)22(37)33-15-7-32-18-12(4-5-16(18)36)20(15)35-8-10(24(27,28)29)6-11(30)9-35/h1-3,7,10-11,16,36H,4-6,8-9,30-31H2,(H,33,37)/t10?,11?,16-/m1/s1. The predicted octanol–water partition coefficient (Wildman–Crippen LogP) is 4.01. The fraction of sp³-hybridized carbons (Fsp3) is 0.375. The number of rotatable bonds is 4. The third kappa shape index (κ3) is 4.78. The highest BCUT2D eigenvalue weighted by molar-refractivity contribution is 7.19. The van der Waals surface area contributed by atoms with Crippen LogP contribution in [0.1, 0.15) is 40.7 Å². The minimum Gasteiger partial charge on any atom is -0.389 e. The number of fused-ring (bicyclic) bond motifs is 1. The zero-order valence-electron chi connectivity index (χ0n) is 19.7. The largest absolute Gasteiger partial charge is 0.393 e. The monoisotopic (exact) mass is 554 g/mol. The molecule has 202 valence electrons. The highest BCUT2D eigenvalue weighted by Crippen LogP contribution is 2.43. The number of anilines is 3. The number of aliphatic hydroxyl groups is 1. The molecule has 3 heterocycles. The summed E-state index contributed by atoms with van der Waals surface area (Å²) >= 11 is 0.716. The number of halogens is 5. The molecule has 6 N–H and O–H groups in total. The quantitative estimate of drug-likeness (QED) is 0.359. The molecule has 2 unspecified atom stereocenters. The van der Waals surface area contributed by atoms with E-state index < -0.39 is 47.3 Å². The third-order valence-corrected chi connectivity index (χ3v) is 7.62. The highest BCUT2D eigenvalue weighted by atomic mass is 32.1. The van der Waals surface area contributed by atoms with E-state index in [0.29, 0.717) is 41.1 Å². The molecule has 1 aliphatic heterocycles. The number of carbonyl (C=O) groups is 1. The minimum absolute atomic E-state index is 0.0869. The fourth-order valence-corrected chi connectivity index (χ4v) is 5.88. The first-order chi connectivity index (χ1) is 17.9. The summed E-state index contributed by atoms with van der Waals surface area (Å²) in [5.74, 6) is -4.28. The van der Waals surface area contributed by atoms with Gasteiger partial charge in [-0.15, -0.1) is 0 Å². The van der Waals surface area contributed by atoms with Crippen LogP contribution in [0.5, 0.6) is 0 Å². The number of piperidine rings is 1. The van der Waals surface area contributed by atoms with Gasteiger partial charge in [-0.3, -0.25) is 9.78 Å². The normalized spacial score (nSPS) is 21.4. The number of nitrogens with two attached hydrogens (primary N) is 2. The molecule has 3 aromatic rings. The van der Waals surface area contributed by atoms with Gasteiger partial charge in [0.2, 0.25) is 0 Å². The molecule has 2 aromatic heterocycles. The van der Waals surface area contributed by atoms with Gasteiger partial charge in [-0.2, -0.15) is 13.2 Å². The fourth-order valence-electron chi connectivity index (χ4n) is 5.00. The Labute approximate surface area is 217 Å². The van der Waals surface area contributed by atoms with Gasteiger partial charge < -0.3 is 26.8 Å². The van der Waals surface area contributed by atoms with Crippen molar-refractivity contribution in [1.82, 2.24) is 9.97 Å². The number of nitrogens with zero attached hydrogens (tertiary/aromatic N) is 3. The van der Waals surface area contributed by atoms with Crippen molar-refractivity contribution in [2.24, 2.45) is 11.7 Å². The van der Waals surface area contributed by atoms with Crippen LogP contribution in [-0.4, -0.2) is 46.3 Å². The molecular weight excluding hydrogens is 531 g/mol. The van der Waals surface area contributed by atoms with Gasteiger partial charge in [0.15, 0.2) is 5.69 Å². The van der Waals surface area contributed by atoms with E-state index in [9.17, 15) is 31.9 Å². The minimum atomic E-state index is -4.47. The van der Waals surface area contributed by atoms with Crippen molar-refractivity contribution in [2.75, 3.05) is 29.0 Å². The summed E-state index contributed by atoms with van der Waals surface area (Å²) in [6.07, 6.45) is -3.68. The molecule has 1 fully saturated rings. The van der Waals surface area contributed by atoms with E-state index in [2.05, 4.69) is 15.3 Å². The van der Waals surface area contributed by atoms with Gasteiger partial charge in [0.05, 0.1) is 40.9 Å². The van der Waals surface area contributed by atoms with E-state index in [1.165, 1.54) is 17.2 Å². The molecule has 0 saturated carbocycles. The second-order valence-corrected chi connectivity index (χ2v) is 10.4. The Kier molecular flexibility index (Phi) is 6.73. The smallest absolute Gasteiger partial charge is 0.389 e. The van der Waals surface area contributed by atoms with E-state index in [1.807, 2.05) is 0 Å². The summed E-state index contributed by atoms with van der Waals surface area (Å²) in [4.78, 5) is 22.9. The molecule has 8 nitrogen and oxygen atoms in total. The number of thiazole rings is 1. The number of aromatic nitrogens is 2. The van der Waals surface area contributed by atoms with Crippen LogP contribution in [0.15, 0.2) is 24.4 Å². The number of carbonyl (C=O) groups excluding carboxylic acids is 1. The first-order valence-corrected chi connectivity index (χ1v) is 12.5. The van der Waals surface area contributed by atoms with E-state index in [4.69, 9.17) is 11.5 Å². The maximum atomic E-state index is 14.3. The van der Waals surface area contributed by atoms with E-state index >= 15 is 0 Å². The van der Waals surface area contributed by atoms with Crippen molar-refractivity contribution >= 4 is 33.6 Å². The molecule has 1 saturated heterocycles. The Balaban J connectivity index is 1.51. The Morgan fingerprint density at radius 3 is 2.61 bits per heavy atom. The lowest BCUT2D eigenvalue weighted by Gasteiger charge is -2.40. The molecule has 0 radical (unpaired) electrons. The van der Waals surface area contributed by atoms with Gasteiger partial charge in [0, 0.05) is 24.7 Å². The molecule has 2 aliphatic rings. The van der Waals surface area contributed by atoms with Crippen LogP contribution >= 0.6 is 11.3 Å². The number of nitrogens with one attached hydrogen (secondary N) is 1. The SMILES string of the molecule is Nc1sc(-c2c(F)cccc2F)nc1C(=O)Nc1cnc2c(c1N1CC(N)CC(C(F)(F)F)C1)CC[C@H]2O. The topological polar surface area (TPSA) is 130 Å². The molecule has 0 bridgehead atoms. The second kappa shape index (κ2) is 9.75. The molecule has 38 heavy (non-hydrogen) atoms. The molecule has 1 amide bonds. The van der Waals surface area contributed by atoms with Crippen molar-refractivity contribution in [3.8, 4) is 10.6 Å². The predicted molar refractivity (Wildman–Crippen MR) is 132 cm³/mol. The van der Waals surface area contributed by atoms with Gasteiger partial charge in [-0.05, 0) is 31.4 Å². The van der Waals surface area contributed by atoms with Crippen molar-refractivity contribution < 1.29 is 31.9 Å². The summed E-state index contributed by atoms with van der Waals surface area (Å²) in [6, 6.07) is 2.50. The molecule has 1 aromatic carbocycles. The van der Waals surface area contributed by atoms with Crippen molar-refractivity contribution in [3.63, 3.8) is 0 Å². The zero-order chi connectivity index (χ0) is 27.4. The van der Waals surface area contributed by atoms with Gasteiger partial charge in [0.25, 0.3) is 5.91 Å². The molecule has 0 spiro atoms. The Morgan fingerprint density at radius 1 is 1.21 bits per heavy atom. The second-order valence-electron chi connectivity index (χ2n) is 9.36.